The number of benzene rings is 2. The number of hydrogen-bond donors (Lipinski definition) is 2. The molecule has 2 fully saturated rings. The number of phenolic OH excluding ortho intramolecular Hbond substituents is 1. The first-order valence-electron chi connectivity index (χ1n) is 13.9. The third-order valence-corrected chi connectivity index (χ3v) is 8.77. The van der Waals surface area contributed by atoms with Gasteiger partial charge in [0.15, 0.2) is 5.82 Å². The molecule has 0 aliphatic carbocycles. The van der Waals surface area contributed by atoms with Crippen molar-refractivity contribution in [2.24, 2.45) is 0 Å². The van der Waals surface area contributed by atoms with Crippen molar-refractivity contribution in [1.82, 2.24) is 19.9 Å². The van der Waals surface area contributed by atoms with Gasteiger partial charge < -0.3 is 15.2 Å². The number of fused-ring (bicyclic) bond motifs is 2. The standard InChI is InChI=1S/C30H31F2N5O2/c1-2-19-21(31)8-7-17-14-18(38)15-20(23(17)19)26-25(32)27-24-22(34-26)6-3-11-33-28(24)36-29(35-27)39-16-30-9-4-12-37(30)13-5-10-30/h7-8,14-15,38H,2-6,9-13,16H2,1H3,(H,33,35,36). The van der Waals surface area contributed by atoms with Crippen LogP contribution in [0.5, 0.6) is 11.8 Å². The number of phenols is 1. The molecule has 202 valence electrons. The molecule has 39 heavy (non-hydrogen) atoms. The smallest absolute Gasteiger partial charge is 0.319 e. The summed E-state index contributed by atoms with van der Waals surface area (Å²) in [4.78, 5) is 16.5. The Labute approximate surface area is 225 Å². The molecule has 3 aliphatic rings. The van der Waals surface area contributed by atoms with Gasteiger partial charge in [-0.2, -0.15) is 9.97 Å². The Morgan fingerprint density at radius 1 is 1.05 bits per heavy atom. The average Bonchev–Trinajstić information content (AvgIpc) is 3.44. The predicted octanol–water partition coefficient (Wildman–Crippen LogP) is 5.76. The zero-order valence-corrected chi connectivity index (χ0v) is 22.0. The number of rotatable bonds is 5. The highest BCUT2D eigenvalue weighted by molar-refractivity contribution is 6.02. The number of pyridine rings is 1. The minimum atomic E-state index is -0.634. The molecule has 2 aromatic carbocycles. The van der Waals surface area contributed by atoms with Crippen LogP contribution in [0.3, 0.4) is 0 Å². The van der Waals surface area contributed by atoms with Crippen molar-refractivity contribution < 1.29 is 18.6 Å². The zero-order chi connectivity index (χ0) is 26.7. The molecule has 0 spiro atoms. The maximum atomic E-state index is 16.5. The summed E-state index contributed by atoms with van der Waals surface area (Å²) in [6.07, 6.45) is 6.28. The molecule has 7 rings (SSSR count). The third kappa shape index (κ3) is 3.89. The lowest BCUT2D eigenvalue weighted by molar-refractivity contribution is 0.108. The van der Waals surface area contributed by atoms with E-state index in [1.807, 2.05) is 6.92 Å². The molecule has 2 aromatic heterocycles. The summed E-state index contributed by atoms with van der Waals surface area (Å²) in [6.45, 7) is 5.16. The SMILES string of the molecule is CCc1c(F)ccc2cc(O)cc(-c3nc4c5c(nc(OCC67CCCN6CCC7)nc5c3F)NCCC4)c12. The van der Waals surface area contributed by atoms with Crippen LogP contribution in [0.15, 0.2) is 24.3 Å². The summed E-state index contributed by atoms with van der Waals surface area (Å²) in [5.41, 5.74) is 1.67. The van der Waals surface area contributed by atoms with Crippen LogP contribution < -0.4 is 10.1 Å². The highest BCUT2D eigenvalue weighted by atomic mass is 19.1. The Hall–Kier alpha value is -3.59. The molecule has 2 saturated heterocycles. The topological polar surface area (TPSA) is 83.4 Å². The van der Waals surface area contributed by atoms with Gasteiger partial charge in [0, 0.05) is 12.1 Å². The minimum Gasteiger partial charge on any atom is -0.508 e. The zero-order valence-electron chi connectivity index (χ0n) is 22.0. The fourth-order valence-corrected chi connectivity index (χ4v) is 6.93. The van der Waals surface area contributed by atoms with Gasteiger partial charge in [-0.3, -0.25) is 4.90 Å². The van der Waals surface area contributed by atoms with Crippen molar-refractivity contribution in [2.45, 2.75) is 57.4 Å². The van der Waals surface area contributed by atoms with Crippen LogP contribution in [0.1, 0.15) is 50.3 Å². The van der Waals surface area contributed by atoms with E-state index >= 15 is 4.39 Å². The Morgan fingerprint density at radius 3 is 2.67 bits per heavy atom. The average molecular weight is 532 g/mol. The first-order valence-corrected chi connectivity index (χ1v) is 13.9. The third-order valence-electron chi connectivity index (χ3n) is 8.77. The van der Waals surface area contributed by atoms with E-state index in [-0.39, 0.29) is 34.3 Å². The minimum absolute atomic E-state index is 0.00802. The molecule has 3 aliphatic heterocycles. The first-order chi connectivity index (χ1) is 19.0. The number of aromatic hydroxyl groups is 1. The molecule has 0 atom stereocenters. The van der Waals surface area contributed by atoms with Crippen LogP contribution in [0.4, 0.5) is 14.6 Å². The summed E-state index contributed by atoms with van der Waals surface area (Å²) < 4.78 is 37.6. The van der Waals surface area contributed by atoms with E-state index in [0.717, 1.165) is 45.2 Å². The second kappa shape index (κ2) is 9.26. The second-order valence-electron chi connectivity index (χ2n) is 11.0. The Kier molecular flexibility index (Phi) is 5.80. The van der Waals surface area contributed by atoms with Crippen molar-refractivity contribution in [3.05, 3.63) is 47.2 Å². The van der Waals surface area contributed by atoms with Crippen LogP contribution in [-0.4, -0.2) is 56.7 Å². The number of halogens is 2. The van der Waals surface area contributed by atoms with Gasteiger partial charge in [0.05, 0.1) is 16.6 Å². The van der Waals surface area contributed by atoms with Gasteiger partial charge in [-0.15, -0.1) is 0 Å². The molecule has 0 saturated carbocycles. The largest absolute Gasteiger partial charge is 0.508 e. The molecular formula is C30H31F2N5O2. The molecule has 0 unspecified atom stereocenters. The van der Waals surface area contributed by atoms with Gasteiger partial charge in [-0.1, -0.05) is 13.0 Å². The number of hydrogen-bond acceptors (Lipinski definition) is 7. The maximum absolute atomic E-state index is 16.5. The second-order valence-corrected chi connectivity index (χ2v) is 11.0. The lowest BCUT2D eigenvalue weighted by Crippen LogP contribution is -2.43. The van der Waals surface area contributed by atoms with Crippen LogP contribution >= 0.6 is 0 Å². The van der Waals surface area contributed by atoms with Gasteiger partial charge in [-0.25, -0.2) is 13.8 Å². The van der Waals surface area contributed by atoms with E-state index in [4.69, 9.17) is 9.72 Å². The summed E-state index contributed by atoms with van der Waals surface area (Å²) in [5.74, 6) is -0.517. The molecule has 0 amide bonds. The number of nitrogens with zero attached hydrogens (tertiary/aromatic N) is 4. The normalized spacial score (nSPS) is 18.3. The van der Waals surface area contributed by atoms with Gasteiger partial charge in [0.25, 0.3) is 0 Å². The van der Waals surface area contributed by atoms with E-state index in [9.17, 15) is 9.50 Å². The quantitative estimate of drug-likeness (QED) is 0.339. The van der Waals surface area contributed by atoms with Crippen LogP contribution in [-0.2, 0) is 12.8 Å². The van der Waals surface area contributed by atoms with Crippen molar-refractivity contribution in [2.75, 3.05) is 31.6 Å². The fourth-order valence-electron chi connectivity index (χ4n) is 6.93. The lowest BCUT2D eigenvalue weighted by Gasteiger charge is -2.31. The molecule has 0 radical (unpaired) electrons. The van der Waals surface area contributed by atoms with Crippen molar-refractivity contribution in [3.63, 3.8) is 0 Å². The Balaban J connectivity index is 1.41. The Morgan fingerprint density at radius 2 is 1.87 bits per heavy atom. The monoisotopic (exact) mass is 531 g/mol. The lowest BCUT2D eigenvalue weighted by atomic mass is 9.94. The maximum Gasteiger partial charge on any atom is 0.319 e. The fraction of sp³-hybridized carbons (Fsp3) is 0.433. The number of nitrogens with one attached hydrogen (secondary N) is 1. The van der Waals surface area contributed by atoms with Gasteiger partial charge >= 0.3 is 6.01 Å². The number of aromatic nitrogens is 3. The highest BCUT2D eigenvalue weighted by Gasteiger charge is 2.45. The van der Waals surface area contributed by atoms with Crippen molar-refractivity contribution in [1.29, 1.82) is 0 Å². The van der Waals surface area contributed by atoms with Crippen molar-refractivity contribution >= 4 is 27.5 Å². The van der Waals surface area contributed by atoms with Crippen LogP contribution in [0.2, 0.25) is 0 Å². The molecule has 7 nitrogen and oxygen atoms in total. The summed E-state index contributed by atoms with van der Waals surface area (Å²) >= 11 is 0. The van der Waals surface area contributed by atoms with Crippen LogP contribution in [0, 0.1) is 11.6 Å². The molecular weight excluding hydrogens is 500 g/mol. The van der Waals surface area contributed by atoms with E-state index in [1.165, 1.54) is 12.1 Å². The van der Waals surface area contributed by atoms with E-state index in [0.29, 0.717) is 64.8 Å². The number of ether oxygens (including phenoxy) is 1. The first kappa shape index (κ1) is 24.5. The van der Waals surface area contributed by atoms with E-state index in [2.05, 4.69) is 20.2 Å². The van der Waals surface area contributed by atoms with E-state index < -0.39 is 5.82 Å². The van der Waals surface area contributed by atoms with Crippen LogP contribution in [0.25, 0.3) is 32.9 Å². The molecule has 9 heteroatoms. The van der Waals surface area contributed by atoms with Crippen molar-refractivity contribution in [3.8, 4) is 23.0 Å². The number of anilines is 1. The van der Waals surface area contributed by atoms with E-state index in [1.54, 1.807) is 12.1 Å². The van der Waals surface area contributed by atoms with Gasteiger partial charge in [0.2, 0.25) is 0 Å². The molecule has 0 bridgehead atoms. The summed E-state index contributed by atoms with van der Waals surface area (Å²) in [5, 5.41) is 15.6. The predicted molar refractivity (Wildman–Crippen MR) is 146 cm³/mol. The Bertz CT molecular complexity index is 1620. The molecule has 4 aromatic rings. The highest BCUT2D eigenvalue weighted by Crippen LogP contribution is 2.41. The summed E-state index contributed by atoms with van der Waals surface area (Å²) in [7, 11) is 0. The molecule has 2 N–H and O–H groups in total. The number of aryl methyl sites for hydroxylation is 2. The summed E-state index contributed by atoms with van der Waals surface area (Å²) in [6, 6.07) is 6.16. The van der Waals surface area contributed by atoms with Gasteiger partial charge in [-0.05, 0) is 92.6 Å². The molecule has 5 heterocycles. The van der Waals surface area contributed by atoms with Gasteiger partial charge in [0.1, 0.15) is 35.2 Å².